The van der Waals surface area contributed by atoms with Crippen molar-refractivity contribution >= 4 is 57.8 Å². The van der Waals surface area contributed by atoms with Crippen LogP contribution in [-0.4, -0.2) is 93.9 Å². The molecule has 2 aliphatic rings. The van der Waals surface area contributed by atoms with E-state index in [-0.39, 0.29) is 54.5 Å². The van der Waals surface area contributed by atoms with Crippen molar-refractivity contribution in [2.45, 2.75) is 24.9 Å². The minimum absolute atomic E-state index is 0. The molecule has 12 nitrogen and oxygen atoms in total. The van der Waals surface area contributed by atoms with Crippen LogP contribution in [0.25, 0.3) is 0 Å². The van der Waals surface area contributed by atoms with E-state index < -0.39 is 40.3 Å². The van der Waals surface area contributed by atoms with Crippen LogP contribution in [0.5, 0.6) is 0 Å². The maximum atomic E-state index is 12.3. The fourth-order valence-electron chi connectivity index (χ4n) is 2.88. The minimum Gasteiger partial charge on any atom is -0.309 e. The van der Waals surface area contributed by atoms with Gasteiger partial charge >= 0.3 is 16.4 Å². The quantitative estimate of drug-likeness (QED) is 0.307. The van der Waals surface area contributed by atoms with Gasteiger partial charge in [0, 0.05) is 48.5 Å². The first-order valence-electron chi connectivity index (χ1n) is 7.53. The van der Waals surface area contributed by atoms with Gasteiger partial charge < -0.3 is 4.90 Å². The van der Waals surface area contributed by atoms with Gasteiger partial charge in [-0.15, -0.1) is 4.28 Å². The molecule has 4 amide bonds. The van der Waals surface area contributed by atoms with E-state index in [2.05, 4.69) is 20.1 Å². The zero-order valence-corrected chi connectivity index (χ0v) is 17.0. The maximum Gasteiger partial charge on any atom is 0.418 e. The van der Waals surface area contributed by atoms with Crippen molar-refractivity contribution in [2.75, 3.05) is 6.54 Å². The van der Waals surface area contributed by atoms with Crippen LogP contribution in [0.1, 0.15) is 23.2 Å². The fraction of sp³-hybridized carbons (Fsp3) is 0.385. The number of hydroxylamine groups is 2. The van der Waals surface area contributed by atoms with Crippen molar-refractivity contribution in [3.05, 3.63) is 30.1 Å². The first kappa shape index (κ1) is 21.5. The SMILES string of the molecule is O=C(NNC(=O)[C@@H]1CC[C@@H]2CN1C(=O)N2OS(=O)(=O)O)c1cccnc1.[Na]. The number of piperidine rings is 1. The van der Waals surface area contributed by atoms with E-state index >= 15 is 0 Å². The molecule has 3 N–H and O–H groups in total. The third-order valence-electron chi connectivity index (χ3n) is 4.02. The predicted molar refractivity (Wildman–Crippen MR) is 89.0 cm³/mol. The van der Waals surface area contributed by atoms with E-state index in [4.69, 9.17) is 4.55 Å². The van der Waals surface area contributed by atoms with Gasteiger partial charge in [0.1, 0.15) is 6.04 Å². The van der Waals surface area contributed by atoms with Crippen molar-refractivity contribution in [1.29, 1.82) is 0 Å². The van der Waals surface area contributed by atoms with Gasteiger partial charge in [-0.2, -0.15) is 13.5 Å². The number of fused-ring (bicyclic) bond motifs is 2. The number of pyridine rings is 1. The number of hydrogen-bond acceptors (Lipinski definition) is 7. The van der Waals surface area contributed by atoms with Gasteiger partial charge in [-0.05, 0) is 25.0 Å². The summed E-state index contributed by atoms with van der Waals surface area (Å²) in [6.45, 7) is 0.0585. The topological polar surface area (TPSA) is 158 Å². The first-order valence-corrected chi connectivity index (χ1v) is 8.90. The molecule has 0 spiro atoms. The average molecular weight is 408 g/mol. The van der Waals surface area contributed by atoms with Crippen LogP contribution in [0.2, 0.25) is 0 Å². The number of hydrogen-bond donors (Lipinski definition) is 3. The van der Waals surface area contributed by atoms with Crippen molar-refractivity contribution in [3.8, 4) is 0 Å². The van der Waals surface area contributed by atoms with Crippen molar-refractivity contribution < 1.29 is 31.6 Å². The Kier molecular flexibility index (Phi) is 6.77. The standard InChI is InChI=1S/C13H15N5O7S.Na/c19-11(8-2-1-5-14-6-8)15-16-12(20)10-4-3-9-7-17(10)13(21)18(9)25-26(22,23)24;/h1-2,5-6,9-10H,3-4,7H2,(H,15,19)(H,16,20)(H,22,23,24);/t9-,10+;/m1./s1. The van der Waals surface area contributed by atoms with E-state index in [0.29, 0.717) is 5.06 Å². The van der Waals surface area contributed by atoms with Gasteiger partial charge in [-0.3, -0.25) is 30.0 Å². The molecular weight excluding hydrogens is 393 g/mol. The number of urea groups is 1. The maximum absolute atomic E-state index is 12.3. The number of hydrazine groups is 1. The van der Waals surface area contributed by atoms with Gasteiger partial charge in [-0.25, -0.2) is 4.79 Å². The molecule has 2 fully saturated rings. The van der Waals surface area contributed by atoms with Crippen LogP contribution in [0.15, 0.2) is 24.5 Å². The molecule has 141 valence electrons. The van der Waals surface area contributed by atoms with Gasteiger partial charge in [0.05, 0.1) is 11.6 Å². The molecule has 27 heavy (non-hydrogen) atoms. The van der Waals surface area contributed by atoms with Crippen LogP contribution < -0.4 is 10.9 Å². The molecule has 3 heterocycles. The Morgan fingerprint density at radius 3 is 2.67 bits per heavy atom. The summed E-state index contributed by atoms with van der Waals surface area (Å²) in [5, 5.41) is 0.539. The molecule has 2 bridgehead atoms. The molecule has 2 atom stereocenters. The molecular formula is C13H15N5NaO7S. The number of aromatic nitrogens is 1. The van der Waals surface area contributed by atoms with Gasteiger partial charge in [0.15, 0.2) is 0 Å². The Morgan fingerprint density at radius 2 is 2.04 bits per heavy atom. The average Bonchev–Trinajstić information content (AvgIpc) is 2.84. The van der Waals surface area contributed by atoms with E-state index in [1.165, 1.54) is 18.5 Å². The largest absolute Gasteiger partial charge is 0.418 e. The molecule has 1 radical (unpaired) electrons. The molecule has 3 rings (SSSR count). The molecule has 2 aliphatic heterocycles. The second-order valence-electron chi connectivity index (χ2n) is 5.70. The third-order valence-corrected chi connectivity index (χ3v) is 4.37. The molecule has 0 aliphatic carbocycles. The zero-order chi connectivity index (χ0) is 18.9. The van der Waals surface area contributed by atoms with Crippen molar-refractivity contribution in [1.82, 2.24) is 25.8 Å². The van der Waals surface area contributed by atoms with Crippen molar-refractivity contribution in [3.63, 3.8) is 0 Å². The van der Waals surface area contributed by atoms with Crippen LogP contribution in [0.3, 0.4) is 0 Å². The summed E-state index contributed by atoms with van der Waals surface area (Å²) in [7, 11) is -4.85. The summed E-state index contributed by atoms with van der Waals surface area (Å²) in [4.78, 5) is 41.3. The number of carbonyl (C=O) groups is 3. The predicted octanol–water partition coefficient (Wildman–Crippen LogP) is -1.54. The summed E-state index contributed by atoms with van der Waals surface area (Å²) < 4.78 is 34.7. The second-order valence-corrected chi connectivity index (χ2v) is 6.70. The Morgan fingerprint density at radius 1 is 1.30 bits per heavy atom. The van der Waals surface area contributed by atoms with E-state index in [1.54, 1.807) is 6.07 Å². The minimum atomic E-state index is -4.85. The fourth-order valence-corrected chi connectivity index (χ4v) is 3.26. The summed E-state index contributed by atoms with van der Waals surface area (Å²) in [6.07, 6.45) is 3.33. The summed E-state index contributed by atoms with van der Waals surface area (Å²) >= 11 is 0. The Labute approximate surface area is 176 Å². The molecule has 0 saturated carbocycles. The van der Waals surface area contributed by atoms with E-state index in [1.807, 2.05) is 0 Å². The molecule has 2 saturated heterocycles. The smallest absolute Gasteiger partial charge is 0.309 e. The van der Waals surface area contributed by atoms with Gasteiger partial charge in [0.2, 0.25) is 0 Å². The second kappa shape index (κ2) is 8.50. The number of amides is 4. The number of nitrogens with one attached hydrogen (secondary N) is 2. The number of carbonyl (C=O) groups excluding carboxylic acids is 3. The Balaban J connectivity index is 0.00000261. The zero-order valence-electron chi connectivity index (χ0n) is 14.2. The molecule has 1 aromatic rings. The van der Waals surface area contributed by atoms with Crippen molar-refractivity contribution in [2.24, 2.45) is 0 Å². The third kappa shape index (κ3) is 4.94. The first-order chi connectivity index (χ1) is 12.3. The van der Waals surface area contributed by atoms with E-state index in [9.17, 15) is 22.8 Å². The van der Waals surface area contributed by atoms with Crippen LogP contribution in [0, 0.1) is 0 Å². The molecule has 0 unspecified atom stereocenters. The molecule has 14 heteroatoms. The summed E-state index contributed by atoms with van der Waals surface area (Å²) in [5.74, 6) is -1.22. The van der Waals surface area contributed by atoms with Gasteiger partial charge in [0.25, 0.3) is 11.8 Å². The van der Waals surface area contributed by atoms with Crippen LogP contribution >= 0.6 is 0 Å². The molecule has 1 aromatic heterocycles. The monoisotopic (exact) mass is 408 g/mol. The van der Waals surface area contributed by atoms with Gasteiger partial charge in [-0.1, -0.05) is 0 Å². The number of rotatable bonds is 4. The number of nitrogens with zero attached hydrogens (tertiary/aromatic N) is 3. The Bertz CT molecular complexity index is 837. The van der Waals surface area contributed by atoms with E-state index in [0.717, 1.165) is 4.90 Å². The van der Waals surface area contributed by atoms with Crippen LogP contribution in [0.4, 0.5) is 4.79 Å². The molecule has 0 aromatic carbocycles. The summed E-state index contributed by atoms with van der Waals surface area (Å²) in [6, 6.07) is 0.698. The normalized spacial score (nSPS) is 21.4. The summed E-state index contributed by atoms with van der Waals surface area (Å²) in [5.41, 5.74) is 4.69. The Hall–Kier alpha value is -1.77. The van der Waals surface area contributed by atoms with Crippen LogP contribution in [-0.2, 0) is 19.5 Å².